The minimum absolute atomic E-state index is 0.315. The van der Waals surface area contributed by atoms with Crippen LogP contribution in [0, 0.1) is 5.82 Å². The summed E-state index contributed by atoms with van der Waals surface area (Å²) in [5.41, 5.74) is 8.04. The maximum absolute atomic E-state index is 13.9. The van der Waals surface area contributed by atoms with E-state index in [0.29, 0.717) is 38.7 Å². The van der Waals surface area contributed by atoms with Crippen LogP contribution in [0.4, 0.5) is 10.3 Å². The number of thioether (sulfide) groups is 1. The fraction of sp³-hybridized carbons (Fsp3) is 0.150. The molecule has 1 amide bonds. The summed E-state index contributed by atoms with van der Waals surface area (Å²) in [5, 5.41) is 8.80. The van der Waals surface area contributed by atoms with E-state index in [-0.39, 0.29) is 0 Å². The van der Waals surface area contributed by atoms with Gasteiger partial charge in [-0.15, -0.1) is 5.10 Å². The number of halogens is 2. The van der Waals surface area contributed by atoms with Crippen LogP contribution in [-0.4, -0.2) is 20.7 Å². The molecule has 3 aromatic rings. The Balaban J connectivity index is 1.70. The molecule has 2 heterocycles. The molecule has 0 saturated carbocycles. The van der Waals surface area contributed by atoms with Crippen molar-refractivity contribution in [3.8, 4) is 0 Å². The van der Waals surface area contributed by atoms with Gasteiger partial charge in [-0.1, -0.05) is 53.7 Å². The molecule has 4 rings (SSSR count). The Morgan fingerprint density at radius 2 is 2.10 bits per heavy atom. The predicted octanol–water partition coefficient (Wildman–Crippen LogP) is 4.14. The number of allylic oxidation sites excluding steroid dienone is 1. The molecule has 1 aromatic heterocycles. The van der Waals surface area contributed by atoms with Gasteiger partial charge in [0.2, 0.25) is 17.0 Å². The molecule has 0 aliphatic carbocycles. The van der Waals surface area contributed by atoms with E-state index < -0.39 is 17.8 Å². The number of nitrogens with two attached hydrogens (primary N) is 1. The Labute approximate surface area is 176 Å². The normalized spacial score (nSPS) is 15.8. The molecule has 0 unspecified atom stereocenters. The molecule has 0 spiro atoms. The van der Waals surface area contributed by atoms with Gasteiger partial charge in [0.25, 0.3) is 0 Å². The quantitative estimate of drug-likeness (QED) is 0.595. The highest BCUT2D eigenvalue weighted by atomic mass is 35.5. The molecule has 1 aliphatic rings. The Morgan fingerprint density at radius 1 is 1.31 bits per heavy atom. The van der Waals surface area contributed by atoms with Crippen molar-refractivity contribution < 1.29 is 9.18 Å². The Kier molecular flexibility index (Phi) is 5.29. The monoisotopic (exact) mass is 429 g/mol. The number of nitrogens with zero attached hydrogens (tertiary/aromatic N) is 3. The van der Waals surface area contributed by atoms with Gasteiger partial charge >= 0.3 is 0 Å². The van der Waals surface area contributed by atoms with E-state index in [9.17, 15) is 9.18 Å². The molecule has 0 fully saturated rings. The van der Waals surface area contributed by atoms with Gasteiger partial charge in [0.15, 0.2) is 0 Å². The second kappa shape index (κ2) is 7.88. The average molecular weight is 430 g/mol. The van der Waals surface area contributed by atoms with E-state index >= 15 is 0 Å². The maximum Gasteiger partial charge on any atom is 0.248 e. The van der Waals surface area contributed by atoms with Gasteiger partial charge in [-0.05, 0) is 36.2 Å². The van der Waals surface area contributed by atoms with E-state index in [1.54, 1.807) is 23.7 Å². The third-order valence-corrected chi connectivity index (χ3v) is 5.83. The number of amides is 1. The molecule has 0 radical (unpaired) electrons. The number of carbonyl (C=O) groups excluding carboxylic acids is 1. The maximum atomic E-state index is 13.9. The van der Waals surface area contributed by atoms with Gasteiger partial charge in [0.1, 0.15) is 11.9 Å². The minimum Gasteiger partial charge on any atom is -0.366 e. The first-order chi connectivity index (χ1) is 13.9. The summed E-state index contributed by atoms with van der Waals surface area (Å²) in [7, 11) is 0. The van der Waals surface area contributed by atoms with Crippen LogP contribution in [0.15, 0.2) is 65.0 Å². The lowest BCUT2D eigenvalue weighted by Crippen LogP contribution is -2.31. The summed E-state index contributed by atoms with van der Waals surface area (Å²) in [6.07, 6.45) is 0. The molecule has 148 valence electrons. The number of rotatable bonds is 5. The largest absolute Gasteiger partial charge is 0.366 e. The van der Waals surface area contributed by atoms with Gasteiger partial charge in [0, 0.05) is 16.5 Å². The lowest BCUT2D eigenvalue weighted by Gasteiger charge is -2.27. The highest BCUT2D eigenvalue weighted by molar-refractivity contribution is 7.98. The molecular formula is C20H17ClFN5OS. The lowest BCUT2D eigenvalue weighted by molar-refractivity contribution is -0.115. The van der Waals surface area contributed by atoms with Crippen molar-refractivity contribution in [1.29, 1.82) is 0 Å². The highest BCUT2D eigenvalue weighted by Gasteiger charge is 2.33. The van der Waals surface area contributed by atoms with Crippen LogP contribution in [0.2, 0.25) is 5.02 Å². The predicted molar refractivity (Wildman–Crippen MR) is 111 cm³/mol. The van der Waals surface area contributed by atoms with Crippen LogP contribution in [0.5, 0.6) is 0 Å². The first-order valence-corrected chi connectivity index (χ1v) is 10.2. The van der Waals surface area contributed by atoms with E-state index in [4.69, 9.17) is 17.3 Å². The number of carbonyl (C=O) groups is 1. The van der Waals surface area contributed by atoms with Gasteiger partial charge in [-0.25, -0.2) is 9.07 Å². The number of benzene rings is 2. The van der Waals surface area contributed by atoms with Gasteiger partial charge < -0.3 is 11.1 Å². The standard InChI is InChI=1S/C20H17ClFN5OS/c1-11-16(18(23)28)17(12-6-4-7-14(22)9-12)27-19(24-11)25-20(26-27)29-10-13-5-2-3-8-15(13)21/h2-9,17H,10H2,1H3,(H2,23,28)(H,24,25,26)/t17-/m1/s1. The molecule has 6 nitrogen and oxygen atoms in total. The van der Waals surface area contributed by atoms with Gasteiger partial charge in [-0.2, -0.15) is 4.98 Å². The van der Waals surface area contributed by atoms with Crippen molar-refractivity contribution in [2.45, 2.75) is 23.9 Å². The smallest absolute Gasteiger partial charge is 0.248 e. The van der Waals surface area contributed by atoms with E-state index in [2.05, 4.69) is 15.4 Å². The summed E-state index contributed by atoms with van der Waals surface area (Å²) in [4.78, 5) is 16.7. The number of hydrogen-bond donors (Lipinski definition) is 2. The van der Waals surface area contributed by atoms with E-state index in [0.717, 1.165) is 5.56 Å². The number of hydrogen-bond acceptors (Lipinski definition) is 5. The van der Waals surface area contributed by atoms with Crippen molar-refractivity contribution in [3.63, 3.8) is 0 Å². The zero-order chi connectivity index (χ0) is 20.5. The second-order valence-corrected chi connectivity index (χ2v) is 7.88. The van der Waals surface area contributed by atoms with Crippen LogP contribution >= 0.6 is 23.4 Å². The van der Waals surface area contributed by atoms with Crippen LogP contribution in [0.1, 0.15) is 24.1 Å². The Bertz CT molecular complexity index is 1130. The van der Waals surface area contributed by atoms with Crippen molar-refractivity contribution >= 4 is 35.2 Å². The number of aromatic nitrogens is 3. The topological polar surface area (TPSA) is 85.8 Å². The molecule has 1 aliphatic heterocycles. The van der Waals surface area contributed by atoms with Gasteiger partial charge in [-0.3, -0.25) is 4.79 Å². The van der Waals surface area contributed by atoms with Crippen molar-refractivity contribution in [3.05, 3.63) is 81.8 Å². The molecule has 0 bridgehead atoms. The van der Waals surface area contributed by atoms with E-state index in [1.807, 2.05) is 24.3 Å². The number of nitrogens with one attached hydrogen (secondary N) is 1. The molecule has 1 atom stereocenters. The first-order valence-electron chi connectivity index (χ1n) is 8.80. The molecule has 0 saturated heterocycles. The number of anilines is 1. The van der Waals surface area contributed by atoms with Crippen LogP contribution in [0.3, 0.4) is 0 Å². The molecular weight excluding hydrogens is 413 g/mol. The molecule has 29 heavy (non-hydrogen) atoms. The summed E-state index contributed by atoms with van der Waals surface area (Å²) in [5.74, 6) is 0.0413. The number of fused-ring (bicyclic) bond motifs is 1. The molecule has 2 aromatic carbocycles. The van der Waals surface area contributed by atoms with Crippen molar-refractivity contribution in [2.24, 2.45) is 5.73 Å². The van der Waals surface area contributed by atoms with Crippen LogP contribution < -0.4 is 11.1 Å². The third kappa shape index (κ3) is 3.86. The second-order valence-electron chi connectivity index (χ2n) is 6.53. The summed E-state index contributed by atoms with van der Waals surface area (Å²) >= 11 is 7.63. The summed E-state index contributed by atoms with van der Waals surface area (Å²) < 4.78 is 15.4. The molecule has 3 N–H and O–H groups in total. The fourth-order valence-electron chi connectivity index (χ4n) is 3.25. The summed E-state index contributed by atoms with van der Waals surface area (Å²) in [6, 6.07) is 12.9. The van der Waals surface area contributed by atoms with Crippen molar-refractivity contribution in [2.75, 3.05) is 5.32 Å². The van der Waals surface area contributed by atoms with Crippen LogP contribution in [-0.2, 0) is 10.5 Å². The Morgan fingerprint density at radius 3 is 2.83 bits per heavy atom. The minimum atomic E-state index is -0.665. The summed E-state index contributed by atoms with van der Waals surface area (Å²) in [6.45, 7) is 1.74. The first kappa shape index (κ1) is 19.5. The fourth-order valence-corrected chi connectivity index (χ4v) is 4.37. The van der Waals surface area contributed by atoms with Crippen LogP contribution in [0.25, 0.3) is 0 Å². The SMILES string of the molecule is CC1=C(C(N)=O)[C@@H](c2cccc(F)c2)n2nc(SCc3ccccc3Cl)nc2N1. The Hall–Kier alpha value is -2.84. The average Bonchev–Trinajstić information content (AvgIpc) is 3.08. The van der Waals surface area contributed by atoms with Gasteiger partial charge in [0.05, 0.1) is 5.57 Å². The highest BCUT2D eigenvalue weighted by Crippen LogP contribution is 2.36. The van der Waals surface area contributed by atoms with Crippen molar-refractivity contribution in [1.82, 2.24) is 14.8 Å². The molecule has 9 heteroatoms. The zero-order valence-corrected chi connectivity index (χ0v) is 17.0. The van der Waals surface area contributed by atoms with E-state index in [1.165, 1.54) is 23.9 Å². The lowest BCUT2D eigenvalue weighted by atomic mass is 9.95. The zero-order valence-electron chi connectivity index (χ0n) is 15.4. The third-order valence-electron chi connectivity index (χ3n) is 4.58. The number of primary amides is 1.